The van der Waals surface area contributed by atoms with Gasteiger partial charge in [-0.2, -0.15) is 9.97 Å². The van der Waals surface area contributed by atoms with Crippen LogP contribution in [0.25, 0.3) is 11.1 Å². The van der Waals surface area contributed by atoms with E-state index in [1.54, 1.807) is 0 Å². The zero-order chi connectivity index (χ0) is 24.9. The van der Waals surface area contributed by atoms with Crippen LogP contribution >= 0.6 is 0 Å². The van der Waals surface area contributed by atoms with Gasteiger partial charge in [0, 0.05) is 25.1 Å². The molecular formula is C29H35N5O2. The van der Waals surface area contributed by atoms with Crippen LogP contribution < -0.4 is 15.4 Å². The van der Waals surface area contributed by atoms with Gasteiger partial charge in [0.05, 0.1) is 13.2 Å². The molecule has 2 aliphatic heterocycles. The third-order valence-electron chi connectivity index (χ3n) is 6.99. The first-order valence-electron chi connectivity index (χ1n) is 13.1. The predicted molar refractivity (Wildman–Crippen MR) is 143 cm³/mol. The number of ketones is 1. The third-order valence-corrected chi connectivity index (χ3v) is 6.99. The number of carbonyl (C=O) groups excluding carboxylic acids is 1. The molecule has 0 bridgehead atoms. The van der Waals surface area contributed by atoms with Gasteiger partial charge < -0.3 is 15.4 Å². The number of hydrogen-bond acceptors (Lipinski definition) is 7. The molecule has 0 amide bonds. The maximum Gasteiger partial charge on any atom is 0.320 e. The van der Waals surface area contributed by atoms with Crippen LogP contribution in [0.1, 0.15) is 49.3 Å². The first kappa shape index (κ1) is 24.3. The molecule has 1 saturated heterocycles. The van der Waals surface area contributed by atoms with Gasteiger partial charge in [-0.1, -0.05) is 61.9 Å². The largest absolute Gasteiger partial charge is 0.463 e. The number of Topliss-reactive ketones (excluding diaryl/α,β-unsaturated/α-hetero) is 1. The first-order chi connectivity index (χ1) is 17.6. The van der Waals surface area contributed by atoms with Gasteiger partial charge in [-0.15, -0.1) is 0 Å². The van der Waals surface area contributed by atoms with Crippen LogP contribution in [0.5, 0.6) is 6.01 Å². The molecule has 2 aliphatic rings. The highest BCUT2D eigenvalue weighted by Crippen LogP contribution is 2.31. The second kappa shape index (κ2) is 11.1. The Morgan fingerprint density at radius 1 is 0.917 bits per heavy atom. The molecule has 1 aromatic heterocycles. The number of likely N-dealkylation sites (tertiary alicyclic amines) is 1. The van der Waals surface area contributed by atoms with Gasteiger partial charge in [-0.25, -0.2) is 0 Å². The molecule has 0 spiro atoms. The lowest BCUT2D eigenvalue weighted by Gasteiger charge is -2.30. The predicted octanol–water partition coefficient (Wildman–Crippen LogP) is 4.63. The number of aromatic nitrogens is 2. The van der Waals surface area contributed by atoms with Crippen LogP contribution in [-0.4, -0.2) is 46.9 Å². The summed E-state index contributed by atoms with van der Waals surface area (Å²) in [5.74, 6) is 1.14. The number of benzene rings is 2. The Kier molecular flexibility index (Phi) is 7.47. The van der Waals surface area contributed by atoms with E-state index in [4.69, 9.17) is 10.5 Å². The molecule has 188 valence electrons. The summed E-state index contributed by atoms with van der Waals surface area (Å²) in [5.41, 5.74) is 11.7. The van der Waals surface area contributed by atoms with Crippen LogP contribution in [0, 0.1) is 0 Å². The Hall–Kier alpha value is -3.45. The lowest BCUT2D eigenvalue weighted by molar-refractivity contribution is -0.117. The lowest BCUT2D eigenvalue weighted by atomic mass is 10.0. The van der Waals surface area contributed by atoms with Crippen molar-refractivity contribution in [2.45, 2.75) is 52.1 Å². The zero-order valence-corrected chi connectivity index (χ0v) is 21.1. The molecule has 3 aromatic rings. The van der Waals surface area contributed by atoms with Crippen molar-refractivity contribution in [3.63, 3.8) is 0 Å². The van der Waals surface area contributed by atoms with Crippen molar-refractivity contribution in [1.82, 2.24) is 14.9 Å². The van der Waals surface area contributed by atoms with Crippen LogP contribution in [0.15, 0.2) is 48.5 Å². The van der Waals surface area contributed by atoms with Crippen LogP contribution in [0.2, 0.25) is 0 Å². The van der Waals surface area contributed by atoms with Crippen molar-refractivity contribution in [2.24, 2.45) is 0 Å². The molecule has 7 nitrogen and oxygen atoms in total. The summed E-state index contributed by atoms with van der Waals surface area (Å²) in [5, 5.41) is 0. The molecule has 3 heterocycles. The van der Waals surface area contributed by atoms with E-state index < -0.39 is 0 Å². The van der Waals surface area contributed by atoms with Crippen molar-refractivity contribution in [2.75, 3.05) is 36.9 Å². The molecule has 7 heteroatoms. The van der Waals surface area contributed by atoms with E-state index in [1.807, 2.05) is 4.90 Å². The first-order valence-corrected chi connectivity index (χ1v) is 13.1. The third kappa shape index (κ3) is 5.68. The molecule has 0 atom stereocenters. The Morgan fingerprint density at radius 2 is 1.56 bits per heavy atom. The standard InChI is InChI=1S/C29H35N5O2/c1-2-3-16-36-29-31-27(30)26-17-25(35)20-34(28(26)32-29)19-22-8-12-24(13-9-22)23-10-6-21(7-11-23)18-33-14-4-5-15-33/h6-13H,2-5,14-20H2,1H3,(H2,30,31,32). The monoisotopic (exact) mass is 485 g/mol. The van der Waals surface area contributed by atoms with Gasteiger partial charge in [-0.3, -0.25) is 9.69 Å². The maximum atomic E-state index is 12.5. The van der Waals surface area contributed by atoms with E-state index in [9.17, 15) is 4.79 Å². The fraction of sp³-hybridized carbons (Fsp3) is 0.414. The number of carbonyl (C=O) groups is 1. The molecule has 0 unspecified atom stereocenters. The quantitative estimate of drug-likeness (QED) is 0.442. The van der Waals surface area contributed by atoms with Crippen LogP contribution in [-0.2, 0) is 24.3 Å². The smallest absolute Gasteiger partial charge is 0.320 e. The summed E-state index contributed by atoms with van der Waals surface area (Å²) in [6.07, 6.45) is 4.85. The number of rotatable bonds is 9. The Bertz CT molecular complexity index is 1190. The molecule has 0 radical (unpaired) electrons. The molecule has 2 aromatic carbocycles. The Labute approximate surface area is 213 Å². The van der Waals surface area contributed by atoms with E-state index in [1.165, 1.54) is 42.6 Å². The minimum atomic E-state index is 0.114. The fourth-order valence-corrected chi connectivity index (χ4v) is 4.97. The summed E-state index contributed by atoms with van der Waals surface area (Å²) in [4.78, 5) is 25.9. The minimum Gasteiger partial charge on any atom is -0.463 e. The van der Waals surface area contributed by atoms with Gasteiger partial charge in [0.1, 0.15) is 11.6 Å². The second-order valence-electron chi connectivity index (χ2n) is 9.84. The second-order valence-corrected chi connectivity index (χ2v) is 9.84. The Balaban J connectivity index is 1.29. The average Bonchev–Trinajstić information content (AvgIpc) is 3.39. The molecule has 2 N–H and O–H groups in total. The molecule has 1 fully saturated rings. The average molecular weight is 486 g/mol. The summed E-state index contributed by atoms with van der Waals surface area (Å²) in [6.45, 7) is 6.98. The number of nitrogen functional groups attached to an aromatic ring is 1. The highest BCUT2D eigenvalue weighted by Gasteiger charge is 2.27. The van der Waals surface area contributed by atoms with E-state index in [2.05, 4.69) is 70.3 Å². The van der Waals surface area contributed by atoms with Gasteiger partial charge >= 0.3 is 6.01 Å². The molecular weight excluding hydrogens is 450 g/mol. The van der Waals surface area contributed by atoms with Gasteiger partial charge in [0.15, 0.2) is 5.78 Å². The SMILES string of the molecule is CCCCOc1nc(N)c2c(n1)N(Cc1ccc(-c3ccc(CN4CCCC4)cc3)cc1)CC(=O)C2. The molecule has 0 saturated carbocycles. The normalized spacial score (nSPS) is 15.8. The molecule has 36 heavy (non-hydrogen) atoms. The van der Waals surface area contributed by atoms with Crippen LogP contribution in [0.3, 0.4) is 0 Å². The lowest BCUT2D eigenvalue weighted by Crippen LogP contribution is -2.36. The number of hydrogen-bond donors (Lipinski definition) is 1. The van der Waals surface area contributed by atoms with Crippen LogP contribution in [0.4, 0.5) is 11.6 Å². The number of nitrogens with zero attached hydrogens (tertiary/aromatic N) is 4. The number of ether oxygens (including phenoxy) is 1. The van der Waals surface area contributed by atoms with Crippen molar-refractivity contribution >= 4 is 17.4 Å². The number of fused-ring (bicyclic) bond motifs is 1. The summed E-state index contributed by atoms with van der Waals surface area (Å²) < 4.78 is 5.71. The van der Waals surface area contributed by atoms with Crippen molar-refractivity contribution in [3.05, 3.63) is 65.2 Å². The molecule has 0 aliphatic carbocycles. The molecule has 5 rings (SSSR count). The zero-order valence-electron chi connectivity index (χ0n) is 21.1. The Morgan fingerprint density at radius 3 is 2.19 bits per heavy atom. The van der Waals surface area contributed by atoms with E-state index in [-0.39, 0.29) is 18.2 Å². The van der Waals surface area contributed by atoms with Gasteiger partial charge in [-0.05, 0) is 54.6 Å². The van der Waals surface area contributed by atoms with Gasteiger partial charge in [0.2, 0.25) is 0 Å². The minimum absolute atomic E-state index is 0.114. The maximum absolute atomic E-state index is 12.5. The summed E-state index contributed by atoms with van der Waals surface area (Å²) >= 11 is 0. The van der Waals surface area contributed by atoms with Crippen molar-refractivity contribution in [3.8, 4) is 17.1 Å². The van der Waals surface area contributed by atoms with Gasteiger partial charge in [0.25, 0.3) is 0 Å². The number of nitrogens with two attached hydrogens (primary N) is 1. The highest BCUT2D eigenvalue weighted by atomic mass is 16.5. The topological polar surface area (TPSA) is 84.6 Å². The van der Waals surface area contributed by atoms with E-state index in [0.717, 1.165) is 24.9 Å². The fourth-order valence-electron chi connectivity index (χ4n) is 4.97. The van der Waals surface area contributed by atoms with Crippen molar-refractivity contribution in [1.29, 1.82) is 0 Å². The number of anilines is 2. The number of unbranched alkanes of at least 4 members (excludes halogenated alkanes) is 1. The highest BCUT2D eigenvalue weighted by molar-refractivity contribution is 5.91. The summed E-state index contributed by atoms with van der Waals surface area (Å²) in [6, 6.07) is 17.7. The van der Waals surface area contributed by atoms with E-state index >= 15 is 0 Å². The summed E-state index contributed by atoms with van der Waals surface area (Å²) in [7, 11) is 0. The van der Waals surface area contributed by atoms with E-state index in [0.29, 0.717) is 36.9 Å². The van der Waals surface area contributed by atoms with Crippen molar-refractivity contribution < 1.29 is 9.53 Å².